The molecule has 96 valence electrons. The standard InChI is InChI=1S/C13H15NO3S/c15-5-6-18-12(13(16)17)7-9-8-14-11-4-2-1-3-10(9)11/h1-4,8,12,14-15H,5-7H2,(H,16,17)/t12-/m0/s1. The third kappa shape index (κ3) is 2.86. The SMILES string of the molecule is O=C(O)[C@H](Cc1c[nH]c2ccccc12)SCCO. The molecule has 1 aromatic carbocycles. The number of aromatic amines is 1. The minimum absolute atomic E-state index is 0.00231. The van der Waals surface area contributed by atoms with Gasteiger partial charge in [-0.25, -0.2) is 0 Å². The van der Waals surface area contributed by atoms with E-state index < -0.39 is 11.2 Å². The van der Waals surface area contributed by atoms with Crippen molar-refractivity contribution in [3.63, 3.8) is 0 Å². The lowest BCUT2D eigenvalue weighted by molar-refractivity contribution is -0.136. The van der Waals surface area contributed by atoms with Crippen LogP contribution in [0, 0.1) is 0 Å². The molecule has 0 fully saturated rings. The number of hydrogen-bond donors (Lipinski definition) is 3. The number of aromatic nitrogens is 1. The van der Waals surface area contributed by atoms with Gasteiger partial charge in [-0.3, -0.25) is 4.79 Å². The van der Waals surface area contributed by atoms with E-state index in [1.165, 1.54) is 11.8 Å². The normalized spacial score (nSPS) is 12.7. The molecule has 0 amide bonds. The van der Waals surface area contributed by atoms with Crippen molar-refractivity contribution in [1.82, 2.24) is 4.98 Å². The highest BCUT2D eigenvalue weighted by Crippen LogP contribution is 2.23. The summed E-state index contributed by atoms with van der Waals surface area (Å²) in [6, 6.07) is 7.83. The van der Waals surface area contributed by atoms with Crippen molar-refractivity contribution >= 4 is 28.6 Å². The van der Waals surface area contributed by atoms with E-state index in [9.17, 15) is 4.79 Å². The largest absolute Gasteiger partial charge is 0.480 e. The van der Waals surface area contributed by atoms with Crippen molar-refractivity contribution in [2.45, 2.75) is 11.7 Å². The van der Waals surface area contributed by atoms with Crippen molar-refractivity contribution < 1.29 is 15.0 Å². The zero-order valence-electron chi connectivity index (χ0n) is 9.80. The van der Waals surface area contributed by atoms with Gasteiger partial charge in [-0.05, 0) is 18.1 Å². The number of aliphatic hydroxyl groups excluding tert-OH is 1. The first kappa shape index (κ1) is 13.0. The Hall–Kier alpha value is -1.46. The molecule has 0 bridgehead atoms. The van der Waals surface area contributed by atoms with E-state index in [0.717, 1.165) is 16.5 Å². The average molecular weight is 265 g/mol. The summed E-state index contributed by atoms with van der Waals surface area (Å²) in [5, 5.41) is 18.5. The van der Waals surface area contributed by atoms with Gasteiger partial charge in [0.05, 0.1) is 6.61 Å². The topological polar surface area (TPSA) is 73.3 Å². The van der Waals surface area contributed by atoms with E-state index in [1.54, 1.807) is 0 Å². The number of carbonyl (C=O) groups is 1. The number of para-hydroxylation sites is 1. The maximum absolute atomic E-state index is 11.2. The number of fused-ring (bicyclic) bond motifs is 1. The molecule has 0 unspecified atom stereocenters. The first-order valence-electron chi connectivity index (χ1n) is 5.72. The van der Waals surface area contributed by atoms with Crippen molar-refractivity contribution in [2.75, 3.05) is 12.4 Å². The molecule has 0 aliphatic rings. The zero-order chi connectivity index (χ0) is 13.0. The van der Waals surface area contributed by atoms with Gasteiger partial charge in [-0.2, -0.15) is 0 Å². The van der Waals surface area contributed by atoms with Crippen molar-refractivity contribution in [2.24, 2.45) is 0 Å². The molecule has 5 heteroatoms. The van der Waals surface area contributed by atoms with Crippen LogP contribution in [-0.4, -0.2) is 38.8 Å². The summed E-state index contributed by atoms with van der Waals surface area (Å²) in [6.45, 7) is 0.00231. The van der Waals surface area contributed by atoms with Gasteiger partial charge >= 0.3 is 5.97 Å². The fourth-order valence-corrected chi connectivity index (χ4v) is 2.74. The number of nitrogens with one attached hydrogen (secondary N) is 1. The Kier molecular flexibility index (Phi) is 4.28. The lowest BCUT2D eigenvalue weighted by atomic mass is 10.1. The number of rotatable bonds is 6. The first-order valence-corrected chi connectivity index (χ1v) is 6.77. The minimum atomic E-state index is -0.835. The van der Waals surface area contributed by atoms with Crippen molar-refractivity contribution in [3.05, 3.63) is 36.0 Å². The predicted molar refractivity (Wildman–Crippen MR) is 73.0 cm³/mol. The molecule has 1 aromatic heterocycles. The Morgan fingerprint density at radius 1 is 1.39 bits per heavy atom. The second-order valence-corrected chi connectivity index (χ2v) is 5.30. The third-order valence-corrected chi connectivity index (χ3v) is 3.95. The highest BCUT2D eigenvalue weighted by molar-refractivity contribution is 8.00. The summed E-state index contributed by atoms with van der Waals surface area (Å²) < 4.78 is 0. The molecule has 4 nitrogen and oxygen atoms in total. The molecule has 3 N–H and O–H groups in total. The van der Waals surface area contributed by atoms with E-state index in [4.69, 9.17) is 10.2 Å². The average Bonchev–Trinajstić information content (AvgIpc) is 2.77. The second-order valence-electron chi connectivity index (χ2n) is 3.98. The molecule has 18 heavy (non-hydrogen) atoms. The smallest absolute Gasteiger partial charge is 0.316 e. The van der Waals surface area contributed by atoms with E-state index >= 15 is 0 Å². The van der Waals surface area contributed by atoms with Gasteiger partial charge in [0, 0.05) is 22.9 Å². The van der Waals surface area contributed by atoms with Crippen molar-refractivity contribution in [1.29, 1.82) is 0 Å². The van der Waals surface area contributed by atoms with E-state index in [2.05, 4.69) is 4.98 Å². The van der Waals surface area contributed by atoms with Crippen LogP contribution < -0.4 is 0 Å². The van der Waals surface area contributed by atoms with Gasteiger partial charge in [0.1, 0.15) is 5.25 Å². The fourth-order valence-electron chi connectivity index (χ4n) is 1.91. The second kappa shape index (κ2) is 5.93. The van der Waals surface area contributed by atoms with Crippen LogP contribution in [0.15, 0.2) is 30.5 Å². The van der Waals surface area contributed by atoms with E-state index in [0.29, 0.717) is 12.2 Å². The van der Waals surface area contributed by atoms with Crippen LogP contribution in [0.4, 0.5) is 0 Å². The molecule has 0 saturated heterocycles. The summed E-state index contributed by atoms with van der Waals surface area (Å²) >= 11 is 1.27. The number of carboxylic acid groups (broad SMARTS) is 1. The van der Waals surface area contributed by atoms with Crippen LogP contribution in [0.5, 0.6) is 0 Å². The van der Waals surface area contributed by atoms with Gasteiger partial charge < -0.3 is 15.2 Å². The summed E-state index contributed by atoms with van der Waals surface area (Å²) in [5.41, 5.74) is 2.02. The molecule has 0 aliphatic heterocycles. The Balaban J connectivity index is 2.18. The Bertz CT molecular complexity index is 538. The Morgan fingerprint density at radius 2 is 2.17 bits per heavy atom. The van der Waals surface area contributed by atoms with Gasteiger partial charge in [0.15, 0.2) is 0 Å². The van der Waals surface area contributed by atoms with Gasteiger partial charge in [-0.15, -0.1) is 11.8 Å². The number of carboxylic acids is 1. The predicted octanol–water partition coefficient (Wildman–Crippen LogP) is 1.89. The lowest BCUT2D eigenvalue weighted by Gasteiger charge is -2.10. The zero-order valence-corrected chi connectivity index (χ0v) is 10.6. The summed E-state index contributed by atoms with van der Waals surface area (Å²) in [7, 11) is 0. The van der Waals surface area contributed by atoms with Crippen LogP contribution >= 0.6 is 11.8 Å². The molecule has 0 spiro atoms. The maximum Gasteiger partial charge on any atom is 0.316 e. The van der Waals surface area contributed by atoms with E-state index in [1.807, 2.05) is 30.5 Å². The molecule has 1 atom stereocenters. The highest BCUT2D eigenvalue weighted by Gasteiger charge is 2.19. The minimum Gasteiger partial charge on any atom is -0.480 e. The number of hydrogen-bond acceptors (Lipinski definition) is 3. The third-order valence-electron chi connectivity index (χ3n) is 2.77. The lowest BCUT2D eigenvalue weighted by Crippen LogP contribution is -2.20. The molecule has 0 aliphatic carbocycles. The van der Waals surface area contributed by atoms with Crippen LogP contribution in [0.1, 0.15) is 5.56 Å². The quantitative estimate of drug-likeness (QED) is 0.745. The van der Waals surface area contributed by atoms with Crippen LogP contribution in [0.2, 0.25) is 0 Å². The molecule has 1 heterocycles. The summed E-state index contributed by atoms with van der Waals surface area (Å²) in [6.07, 6.45) is 2.32. The molecular weight excluding hydrogens is 250 g/mol. The van der Waals surface area contributed by atoms with Crippen LogP contribution in [-0.2, 0) is 11.2 Å². The number of aliphatic hydroxyl groups is 1. The molecular formula is C13H15NO3S. The summed E-state index contributed by atoms with van der Waals surface area (Å²) in [4.78, 5) is 14.3. The first-order chi connectivity index (χ1) is 8.72. The number of H-pyrrole nitrogens is 1. The summed E-state index contributed by atoms with van der Waals surface area (Å²) in [5.74, 6) is -0.391. The molecule has 2 rings (SSSR count). The monoisotopic (exact) mass is 265 g/mol. The van der Waals surface area contributed by atoms with Gasteiger partial charge in [0.25, 0.3) is 0 Å². The fraction of sp³-hybridized carbons (Fsp3) is 0.308. The number of benzene rings is 1. The van der Waals surface area contributed by atoms with Crippen LogP contribution in [0.3, 0.4) is 0 Å². The Labute approximate surface area is 109 Å². The highest BCUT2D eigenvalue weighted by atomic mass is 32.2. The molecule has 0 saturated carbocycles. The molecule has 0 radical (unpaired) electrons. The Morgan fingerprint density at radius 3 is 2.89 bits per heavy atom. The van der Waals surface area contributed by atoms with E-state index in [-0.39, 0.29) is 6.61 Å². The maximum atomic E-state index is 11.2. The molecule has 2 aromatic rings. The van der Waals surface area contributed by atoms with Gasteiger partial charge in [-0.1, -0.05) is 18.2 Å². The van der Waals surface area contributed by atoms with Crippen molar-refractivity contribution in [3.8, 4) is 0 Å². The van der Waals surface area contributed by atoms with Crippen LogP contribution in [0.25, 0.3) is 10.9 Å². The number of aliphatic carboxylic acids is 1. The van der Waals surface area contributed by atoms with Gasteiger partial charge in [0.2, 0.25) is 0 Å². The number of thioether (sulfide) groups is 1.